The van der Waals surface area contributed by atoms with Crippen molar-refractivity contribution < 1.29 is 8.83 Å². The molecule has 0 amide bonds. The van der Waals surface area contributed by atoms with E-state index in [0.29, 0.717) is 0 Å². The molecule has 1 atom stereocenters. The van der Waals surface area contributed by atoms with E-state index in [4.69, 9.17) is 8.83 Å². The molecule has 0 aliphatic heterocycles. The largest absolute Gasteiger partial charge is 0.472 e. The van der Waals surface area contributed by atoms with Gasteiger partial charge in [0.2, 0.25) is 0 Å². The maximum absolute atomic E-state index is 6.03. The lowest BCUT2D eigenvalue weighted by Gasteiger charge is -2.14. The van der Waals surface area contributed by atoms with Gasteiger partial charge in [0.15, 0.2) is 0 Å². The number of nitrogens with one attached hydrogen (secondary N) is 1. The van der Waals surface area contributed by atoms with Gasteiger partial charge in [-0.15, -0.1) is 0 Å². The van der Waals surface area contributed by atoms with Crippen LogP contribution in [0.15, 0.2) is 56.2 Å². The van der Waals surface area contributed by atoms with Crippen molar-refractivity contribution in [2.45, 2.75) is 19.4 Å². The molecular weight excluding hydrogens is 318 g/mol. The van der Waals surface area contributed by atoms with E-state index < -0.39 is 0 Å². The lowest BCUT2D eigenvalue weighted by molar-refractivity contribution is 0.464. The lowest BCUT2D eigenvalue weighted by atomic mass is 10.1. The van der Waals surface area contributed by atoms with E-state index in [1.807, 2.05) is 18.2 Å². The van der Waals surface area contributed by atoms with Crippen LogP contribution in [0, 0.1) is 0 Å². The Hall–Kier alpha value is -1.52. The topological polar surface area (TPSA) is 38.3 Å². The van der Waals surface area contributed by atoms with Gasteiger partial charge in [-0.2, -0.15) is 0 Å². The summed E-state index contributed by atoms with van der Waals surface area (Å²) in [6.45, 7) is 3.07. The number of halogens is 1. The van der Waals surface area contributed by atoms with Crippen molar-refractivity contribution in [3.63, 3.8) is 0 Å². The van der Waals surface area contributed by atoms with Crippen molar-refractivity contribution in [1.82, 2.24) is 5.32 Å². The molecule has 104 valence electrons. The van der Waals surface area contributed by atoms with Crippen LogP contribution >= 0.6 is 15.9 Å². The molecule has 0 saturated heterocycles. The fraction of sp³-hybridized carbons (Fsp3) is 0.250. The zero-order chi connectivity index (χ0) is 13.9. The fourth-order valence-corrected chi connectivity index (χ4v) is 2.76. The molecule has 2 heterocycles. The van der Waals surface area contributed by atoms with Gasteiger partial charge in [0.25, 0.3) is 0 Å². The molecule has 0 fully saturated rings. The zero-order valence-electron chi connectivity index (χ0n) is 11.2. The summed E-state index contributed by atoms with van der Waals surface area (Å²) >= 11 is 3.53. The molecule has 2 aromatic heterocycles. The number of hydrogen-bond donors (Lipinski definition) is 1. The van der Waals surface area contributed by atoms with Crippen molar-refractivity contribution in [3.05, 3.63) is 58.7 Å². The molecule has 0 aliphatic rings. The first kappa shape index (κ1) is 13.5. The highest BCUT2D eigenvalue weighted by atomic mass is 79.9. The highest BCUT2D eigenvalue weighted by molar-refractivity contribution is 9.10. The Labute approximate surface area is 126 Å². The van der Waals surface area contributed by atoms with Crippen molar-refractivity contribution in [2.24, 2.45) is 0 Å². The first-order valence-electron chi connectivity index (χ1n) is 6.73. The predicted molar refractivity (Wildman–Crippen MR) is 82.8 cm³/mol. The summed E-state index contributed by atoms with van der Waals surface area (Å²) in [6.07, 6.45) is 4.52. The lowest BCUT2D eigenvalue weighted by Crippen LogP contribution is -2.22. The van der Waals surface area contributed by atoms with Crippen molar-refractivity contribution >= 4 is 26.9 Å². The smallest absolute Gasteiger partial charge is 0.148 e. The van der Waals surface area contributed by atoms with E-state index in [1.54, 1.807) is 12.5 Å². The number of fused-ring (bicyclic) bond motifs is 1. The minimum absolute atomic E-state index is 0.0213. The molecular formula is C16H16BrNO2. The van der Waals surface area contributed by atoms with Gasteiger partial charge in [0.1, 0.15) is 11.3 Å². The molecule has 4 heteroatoms. The quantitative estimate of drug-likeness (QED) is 0.723. The van der Waals surface area contributed by atoms with Crippen LogP contribution in [-0.2, 0) is 0 Å². The van der Waals surface area contributed by atoms with E-state index >= 15 is 0 Å². The van der Waals surface area contributed by atoms with E-state index in [0.717, 1.165) is 39.7 Å². The molecule has 0 aliphatic carbocycles. The minimum atomic E-state index is 0.0213. The summed E-state index contributed by atoms with van der Waals surface area (Å²) in [5, 5.41) is 4.60. The summed E-state index contributed by atoms with van der Waals surface area (Å²) in [6, 6.07) is 10.1. The van der Waals surface area contributed by atoms with Gasteiger partial charge >= 0.3 is 0 Å². The van der Waals surface area contributed by atoms with Gasteiger partial charge < -0.3 is 14.2 Å². The maximum atomic E-state index is 6.03. The number of hydrogen-bond acceptors (Lipinski definition) is 3. The van der Waals surface area contributed by atoms with Gasteiger partial charge in [-0.1, -0.05) is 19.1 Å². The summed E-state index contributed by atoms with van der Waals surface area (Å²) in [4.78, 5) is 0. The summed E-state index contributed by atoms with van der Waals surface area (Å²) < 4.78 is 12.2. The Morgan fingerprint density at radius 2 is 2.20 bits per heavy atom. The minimum Gasteiger partial charge on any atom is -0.472 e. The first-order valence-corrected chi connectivity index (χ1v) is 7.52. The van der Waals surface area contributed by atoms with Crippen LogP contribution in [-0.4, -0.2) is 6.54 Å². The van der Waals surface area contributed by atoms with Crippen LogP contribution in [0.2, 0.25) is 0 Å². The molecule has 0 spiro atoms. The number of para-hydroxylation sites is 1. The molecule has 3 rings (SSSR count). The average Bonchev–Trinajstić information content (AvgIpc) is 3.09. The Kier molecular flexibility index (Phi) is 3.94. The van der Waals surface area contributed by atoms with E-state index in [1.165, 1.54) is 0 Å². The van der Waals surface area contributed by atoms with Gasteiger partial charge in [0.05, 0.1) is 23.0 Å². The molecule has 0 radical (unpaired) electrons. The fourth-order valence-electron chi connectivity index (χ4n) is 2.30. The molecule has 0 bridgehead atoms. The van der Waals surface area contributed by atoms with Crippen molar-refractivity contribution in [2.75, 3.05) is 6.54 Å². The second kappa shape index (κ2) is 5.85. The summed E-state index contributed by atoms with van der Waals surface area (Å²) in [5.41, 5.74) is 1.96. The number of rotatable bonds is 5. The van der Waals surface area contributed by atoms with E-state index in [9.17, 15) is 0 Å². The Morgan fingerprint density at radius 3 is 2.90 bits per heavy atom. The Bertz CT molecular complexity index is 688. The highest BCUT2D eigenvalue weighted by Gasteiger charge is 2.19. The molecule has 1 aromatic carbocycles. The molecule has 3 aromatic rings. The number of furan rings is 2. The van der Waals surface area contributed by atoms with Crippen LogP contribution in [0.4, 0.5) is 0 Å². The van der Waals surface area contributed by atoms with Crippen molar-refractivity contribution in [3.8, 4) is 0 Å². The second-order valence-electron chi connectivity index (χ2n) is 4.75. The Morgan fingerprint density at radius 1 is 1.30 bits per heavy atom. The predicted octanol–water partition coefficient (Wildman–Crippen LogP) is 4.88. The van der Waals surface area contributed by atoms with E-state index in [2.05, 4.69) is 40.3 Å². The molecule has 1 unspecified atom stereocenters. The van der Waals surface area contributed by atoms with Crippen LogP contribution < -0.4 is 5.32 Å². The molecule has 1 N–H and O–H groups in total. The standard InChI is InChI=1S/C16H16BrNO2/c1-2-7-18-15(12-6-8-19-10-12)14-9-11-4-3-5-13(17)16(11)20-14/h3-6,8-10,15,18H,2,7H2,1H3. The Balaban J connectivity index is 2.02. The zero-order valence-corrected chi connectivity index (χ0v) is 12.8. The van der Waals surface area contributed by atoms with Gasteiger partial charge in [-0.3, -0.25) is 0 Å². The third-order valence-electron chi connectivity index (χ3n) is 3.27. The summed E-state index contributed by atoms with van der Waals surface area (Å²) in [7, 11) is 0. The van der Waals surface area contributed by atoms with Crippen LogP contribution in [0.5, 0.6) is 0 Å². The first-order chi connectivity index (χ1) is 9.79. The van der Waals surface area contributed by atoms with Crippen LogP contribution in [0.25, 0.3) is 11.0 Å². The van der Waals surface area contributed by atoms with Crippen LogP contribution in [0.1, 0.15) is 30.7 Å². The number of benzene rings is 1. The third-order valence-corrected chi connectivity index (χ3v) is 3.90. The van der Waals surface area contributed by atoms with Crippen molar-refractivity contribution in [1.29, 1.82) is 0 Å². The van der Waals surface area contributed by atoms with E-state index in [-0.39, 0.29) is 6.04 Å². The third kappa shape index (κ3) is 2.53. The average molecular weight is 334 g/mol. The monoisotopic (exact) mass is 333 g/mol. The molecule has 0 saturated carbocycles. The second-order valence-corrected chi connectivity index (χ2v) is 5.61. The SMILES string of the molecule is CCCNC(c1ccoc1)c1cc2cccc(Br)c2o1. The summed E-state index contributed by atoms with van der Waals surface area (Å²) in [5.74, 6) is 0.904. The molecule has 3 nitrogen and oxygen atoms in total. The van der Waals surface area contributed by atoms with Gasteiger partial charge in [0, 0.05) is 10.9 Å². The van der Waals surface area contributed by atoms with Gasteiger partial charge in [-0.05, 0) is 47.1 Å². The highest BCUT2D eigenvalue weighted by Crippen LogP contribution is 2.32. The molecule has 20 heavy (non-hydrogen) atoms. The van der Waals surface area contributed by atoms with Gasteiger partial charge in [-0.25, -0.2) is 0 Å². The normalized spacial score (nSPS) is 12.9. The van der Waals surface area contributed by atoms with Crippen LogP contribution in [0.3, 0.4) is 0 Å². The maximum Gasteiger partial charge on any atom is 0.148 e.